The normalized spacial score (nSPS) is 13.1. The standard InChI is InChI=1S/C36H46N8O6S2.2H2S/c1-21(2)29(37)33(47)49-19-25(23-13-7-5-8-14-23)31(45)39-35-43-41-27(51-35)17-11-12-18-28-42-44-36(52-28)40-32(46)26(24-15-9-6-10-16-24)20-50-34(48)30(38)22(3)4;;/h5-10,13-16,21-22,25-26,29-30H,11-12,17-20,37-38H2,1-4H3,(H,39,43,45)(H,40,44,46);2*1H2/t25?,26?,29-,30+;;. The fraction of sp³-hybridized carbons (Fsp3) is 0.444. The number of hydrogen-bond acceptors (Lipinski definition) is 14. The lowest BCUT2D eigenvalue weighted by molar-refractivity contribution is -0.148. The fourth-order valence-electron chi connectivity index (χ4n) is 4.83. The van der Waals surface area contributed by atoms with Crippen molar-refractivity contribution < 1.29 is 28.7 Å². The molecule has 2 unspecified atom stereocenters. The van der Waals surface area contributed by atoms with E-state index in [-0.39, 0.29) is 63.9 Å². The summed E-state index contributed by atoms with van der Waals surface area (Å²) in [6, 6.07) is 16.6. The van der Waals surface area contributed by atoms with E-state index in [0.29, 0.717) is 34.2 Å². The summed E-state index contributed by atoms with van der Waals surface area (Å²) in [6.07, 6.45) is 2.84. The van der Waals surface area contributed by atoms with Crippen molar-refractivity contribution in [3.05, 3.63) is 81.8 Å². The van der Waals surface area contributed by atoms with Crippen LogP contribution in [0.15, 0.2) is 60.7 Å². The van der Waals surface area contributed by atoms with Gasteiger partial charge in [-0.1, -0.05) is 111 Å². The third-order valence-corrected chi connectivity index (χ3v) is 10.0. The highest BCUT2D eigenvalue weighted by molar-refractivity contribution is 7.59. The number of carbonyl (C=O) groups is 4. The number of carbonyl (C=O) groups excluding carboxylic acids is 4. The summed E-state index contributed by atoms with van der Waals surface area (Å²) < 4.78 is 10.8. The minimum atomic E-state index is -0.780. The molecule has 0 fully saturated rings. The number of hydrogen-bond donors (Lipinski definition) is 4. The lowest BCUT2D eigenvalue weighted by atomic mass is 9.99. The molecule has 0 saturated heterocycles. The second-order valence-corrected chi connectivity index (χ2v) is 15.0. The predicted molar refractivity (Wildman–Crippen MR) is 220 cm³/mol. The fourth-order valence-corrected chi connectivity index (χ4v) is 6.40. The van der Waals surface area contributed by atoms with Gasteiger partial charge in [0.1, 0.15) is 35.3 Å². The first-order valence-electron chi connectivity index (χ1n) is 17.1. The Labute approximate surface area is 337 Å². The van der Waals surface area contributed by atoms with Crippen molar-refractivity contribution in [2.75, 3.05) is 23.8 Å². The molecule has 6 N–H and O–H groups in total. The van der Waals surface area contributed by atoms with Crippen LogP contribution in [-0.4, -0.2) is 69.4 Å². The molecule has 0 aliphatic heterocycles. The number of ether oxygens (including phenoxy) is 2. The molecule has 0 radical (unpaired) electrons. The number of unbranched alkanes of at least 4 members (excludes halogenated alkanes) is 1. The van der Waals surface area contributed by atoms with E-state index in [1.165, 1.54) is 22.7 Å². The van der Waals surface area contributed by atoms with Crippen LogP contribution in [0.3, 0.4) is 0 Å². The van der Waals surface area contributed by atoms with Gasteiger partial charge >= 0.3 is 11.9 Å². The van der Waals surface area contributed by atoms with Crippen molar-refractivity contribution in [1.82, 2.24) is 20.4 Å². The van der Waals surface area contributed by atoms with Gasteiger partial charge in [0.05, 0.1) is 11.8 Å². The van der Waals surface area contributed by atoms with Crippen molar-refractivity contribution in [2.45, 2.75) is 77.3 Å². The van der Waals surface area contributed by atoms with Gasteiger partial charge in [0, 0.05) is 12.8 Å². The Hall–Kier alpha value is -3.94. The summed E-state index contributed by atoms with van der Waals surface area (Å²) in [6.45, 7) is 6.99. The van der Waals surface area contributed by atoms with Gasteiger partial charge in [0.2, 0.25) is 22.1 Å². The van der Waals surface area contributed by atoms with Crippen LogP contribution in [0.1, 0.15) is 73.5 Å². The van der Waals surface area contributed by atoms with Gasteiger partial charge in [0.15, 0.2) is 0 Å². The number of benzene rings is 2. The molecular weight excluding hydrogens is 769 g/mol. The van der Waals surface area contributed by atoms with Gasteiger partial charge in [-0.2, -0.15) is 27.0 Å². The molecule has 4 atom stereocenters. The average molecular weight is 819 g/mol. The van der Waals surface area contributed by atoms with E-state index in [1.54, 1.807) is 24.3 Å². The van der Waals surface area contributed by atoms with E-state index in [1.807, 2.05) is 64.1 Å². The molecule has 54 heavy (non-hydrogen) atoms. The minimum Gasteiger partial charge on any atom is -0.463 e. The van der Waals surface area contributed by atoms with Crippen LogP contribution in [0.25, 0.3) is 0 Å². The molecule has 18 heteroatoms. The number of anilines is 2. The number of aryl methyl sites for hydroxylation is 2. The van der Waals surface area contributed by atoms with Crippen molar-refractivity contribution >= 4 is 83.7 Å². The Bertz CT molecular complexity index is 1630. The van der Waals surface area contributed by atoms with E-state index >= 15 is 0 Å². The summed E-state index contributed by atoms with van der Waals surface area (Å²) in [7, 11) is 0. The zero-order chi connectivity index (χ0) is 37.6. The van der Waals surface area contributed by atoms with E-state index in [2.05, 4.69) is 31.0 Å². The van der Waals surface area contributed by atoms with Crippen LogP contribution in [-0.2, 0) is 41.5 Å². The maximum Gasteiger partial charge on any atom is 0.323 e. The molecule has 0 bridgehead atoms. The Morgan fingerprint density at radius 2 is 0.963 bits per heavy atom. The number of nitrogens with one attached hydrogen (secondary N) is 2. The highest BCUT2D eigenvalue weighted by Crippen LogP contribution is 2.25. The Kier molecular flexibility index (Phi) is 19.8. The van der Waals surface area contributed by atoms with E-state index < -0.39 is 35.9 Å². The molecule has 2 aromatic heterocycles. The second-order valence-electron chi connectivity index (χ2n) is 12.9. The number of amides is 2. The molecule has 2 heterocycles. The lowest BCUT2D eigenvalue weighted by Gasteiger charge is -2.19. The van der Waals surface area contributed by atoms with E-state index in [9.17, 15) is 19.2 Å². The zero-order valence-electron chi connectivity index (χ0n) is 30.7. The second kappa shape index (κ2) is 23.1. The first-order chi connectivity index (χ1) is 24.9. The Balaban J connectivity index is 0.00000504. The Morgan fingerprint density at radius 1 is 0.611 bits per heavy atom. The van der Waals surface area contributed by atoms with Crippen molar-refractivity contribution in [3.63, 3.8) is 0 Å². The first-order valence-corrected chi connectivity index (χ1v) is 18.8. The summed E-state index contributed by atoms with van der Waals surface area (Å²) in [5.74, 6) is -3.57. The summed E-state index contributed by atoms with van der Waals surface area (Å²) in [5, 5.41) is 24.6. The molecule has 0 aliphatic rings. The highest BCUT2D eigenvalue weighted by Gasteiger charge is 2.28. The largest absolute Gasteiger partial charge is 0.463 e. The molecule has 0 spiro atoms. The van der Waals surface area contributed by atoms with Crippen LogP contribution in [0.5, 0.6) is 0 Å². The highest BCUT2D eigenvalue weighted by atomic mass is 32.1. The smallest absolute Gasteiger partial charge is 0.323 e. The predicted octanol–water partition coefficient (Wildman–Crippen LogP) is 4.68. The minimum absolute atomic E-state index is 0. The monoisotopic (exact) mass is 818 g/mol. The van der Waals surface area contributed by atoms with Gasteiger partial charge < -0.3 is 20.9 Å². The summed E-state index contributed by atoms with van der Waals surface area (Å²) in [5.41, 5.74) is 13.2. The summed E-state index contributed by atoms with van der Waals surface area (Å²) >= 11 is 2.56. The van der Waals surface area contributed by atoms with Crippen molar-refractivity contribution in [3.8, 4) is 0 Å². The molecule has 2 amide bonds. The Morgan fingerprint density at radius 3 is 1.30 bits per heavy atom. The number of aromatic nitrogens is 4. The van der Waals surface area contributed by atoms with Gasteiger partial charge in [-0.05, 0) is 35.8 Å². The van der Waals surface area contributed by atoms with Gasteiger partial charge in [-0.3, -0.25) is 29.8 Å². The molecule has 4 aromatic rings. The van der Waals surface area contributed by atoms with Gasteiger partial charge in [-0.15, -0.1) is 20.4 Å². The van der Waals surface area contributed by atoms with Crippen molar-refractivity contribution in [1.29, 1.82) is 0 Å². The zero-order valence-corrected chi connectivity index (χ0v) is 34.3. The van der Waals surface area contributed by atoms with Crippen LogP contribution in [0.4, 0.5) is 10.3 Å². The van der Waals surface area contributed by atoms with Crippen LogP contribution >= 0.6 is 49.7 Å². The van der Waals surface area contributed by atoms with Crippen LogP contribution in [0, 0.1) is 11.8 Å². The van der Waals surface area contributed by atoms with Crippen LogP contribution < -0.4 is 22.1 Å². The van der Waals surface area contributed by atoms with Gasteiger partial charge in [-0.25, -0.2) is 0 Å². The molecule has 0 saturated carbocycles. The SMILES string of the molecule is CC(C)[C@H](N)C(=O)OCC(C(=O)Nc1nnc(CCCCc2nnc(NC(=O)C(COC(=O)[C@H](N)C(C)C)c3ccccc3)s2)s1)c1ccccc1.S.S. The third kappa shape index (κ3) is 14.0. The maximum absolute atomic E-state index is 13.3. The first kappa shape index (κ1) is 46.2. The molecular formula is C36H50N8O6S4. The van der Waals surface area contributed by atoms with Gasteiger partial charge in [0.25, 0.3) is 0 Å². The van der Waals surface area contributed by atoms with E-state index in [0.717, 1.165) is 22.9 Å². The topological polar surface area (TPSA) is 214 Å². The summed E-state index contributed by atoms with van der Waals surface area (Å²) in [4.78, 5) is 51.3. The van der Waals surface area contributed by atoms with E-state index in [4.69, 9.17) is 20.9 Å². The number of nitrogens with two attached hydrogens (primary N) is 2. The maximum atomic E-state index is 13.3. The van der Waals surface area contributed by atoms with Crippen molar-refractivity contribution in [2.24, 2.45) is 23.3 Å². The molecule has 294 valence electrons. The number of rotatable bonds is 19. The average Bonchev–Trinajstić information content (AvgIpc) is 3.79. The van der Waals surface area contributed by atoms with Crippen LogP contribution in [0.2, 0.25) is 0 Å². The molecule has 2 aromatic carbocycles. The quantitative estimate of drug-likeness (QED) is 0.0750. The third-order valence-electron chi connectivity index (χ3n) is 8.23. The number of nitrogens with zero attached hydrogens (tertiary/aromatic N) is 4. The molecule has 0 aliphatic carbocycles. The molecule has 14 nitrogen and oxygen atoms in total. The number of esters is 2. The lowest BCUT2D eigenvalue weighted by Crippen LogP contribution is -2.38. The molecule has 4 rings (SSSR count).